The number of carbonyl (C=O) groups excluding carboxylic acids is 1. The predicted molar refractivity (Wildman–Crippen MR) is 67.6 cm³/mol. The van der Waals surface area contributed by atoms with Crippen LogP contribution < -0.4 is 16.0 Å². The second-order valence-corrected chi connectivity index (χ2v) is 4.54. The summed E-state index contributed by atoms with van der Waals surface area (Å²) >= 11 is 0. The Balaban J connectivity index is 2.13. The van der Waals surface area contributed by atoms with Crippen molar-refractivity contribution in [2.45, 2.75) is 18.6 Å². The molecule has 1 amide bonds. The average molecular weight is 305 g/mol. The minimum absolute atomic E-state index is 0.0870. The van der Waals surface area contributed by atoms with Crippen LogP contribution in [0.3, 0.4) is 0 Å². The molecule has 2 rings (SSSR count). The molecule has 116 valence electrons. The molecule has 7 nitrogen and oxygen atoms in total. The molecule has 0 bridgehead atoms. The number of ether oxygens (including phenoxy) is 1. The fraction of sp³-hybridized carbons (Fsp3) is 0.545. The number of anilines is 2. The lowest BCUT2D eigenvalue weighted by atomic mass is 10.3. The number of nitrogens with two attached hydrogens (primary N) is 1. The molecule has 10 heteroatoms. The SMILES string of the molecule is COC(=O)NC1CCN(c2cc(N)nc(C(F)(F)F)n2)C1. The fourth-order valence-electron chi connectivity index (χ4n) is 2.05. The largest absolute Gasteiger partial charge is 0.453 e. The van der Waals surface area contributed by atoms with Crippen molar-refractivity contribution >= 4 is 17.7 Å². The summed E-state index contributed by atoms with van der Waals surface area (Å²) in [6.45, 7) is 0.769. The Kier molecular flexibility index (Phi) is 4.05. The van der Waals surface area contributed by atoms with Crippen LogP contribution >= 0.6 is 0 Å². The van der Waals surface area contributed by atoms with E-state index in [2.05, 4.69) is 20.0 Å². The van der Waals surface area contributed by atoms with Gasteiger partial charge in [0.15, 0.2) is 0 Å². The summed E-state index contributed by atoms with van der Waals surface area (Å²) in [7, 11) is 1.24. The predicted octanol–water partition coefficient (Wildman–Crippen LogP) is 1.01. The van der Waals surface area contributed by atoms with Crippen molar-refractivity contribution in [3.05, 3.63) is 11.9 Å². The van der Waals surface area contributed by atoms with Gasteiger partial charge in [-0.25, -0.2) is 14.8 Å². The van der Waals surface area contributed by atoms with Crippen LogP contribution in [0.15, 0.2) is 6.07 Å². The van der Waals surface area contributed by atoms with Crippen LogP contribution in [0.25, 0.3) is 0 Å². The van der Waals surface area contributed by atoms with Gasteiger partial charge in [-0.05, 0) is 6.42 Å². The number of alkyl halides is 3. The van der Waals surface area contributed by atoms with Crippen molar-refractivity contribution in [3.63, 3.8) is 0 Å². The first-order chi connectivity index (χ1) is 9.79. The van der Waals surface area contributed by atoms with Crippen LogP contribution in [-0.4, -0.2) is 42.3 Å². The number of nitrogens with zero attached hydrogens (tertiary/aromatic N) is 3. The number of halogens is 3. The molecule has 1 aliphatic rings. The minimum Gasteiger partial charge on any atom is -0.453 e. The monoisotopic (exact) mass is 305 g/mol. The zero-order chi connectivity index (χ0) is 15.6. The van der Waals surface area contributed by atoms with E-state index in [-0.39, 0.29) is 17.7 Å². The number of rotatable bonds is 2. The number of alkyl carbamates (subject to hydrolysis) is 1. The maximum Gasteiger partial charge on any atom is 0.451 e. The average Bonchev–Trinajstić information content (AvgIpc) is 2.85. The molecule has 1 unspecified atom stereocenters. The van der Waals surface area contributed by atoms with Gasteiger partial charge in [-0.15, -0.1) is 0 Å². The number of hydrogen-bond donors (Lipinski definition) is 2. The van der Waals surface area contributed by atoms with Crippen molar-refractivity contribution in [1.82, 2.24) is 15.3 Å². The van der Waals surface area contributed by atoms with Crippen molar-refractivity contribution in [2.75, 3.05) is 30.8 Å². The third kappa shape index (κ3) is 3.64. The maximum atomic E-state index is 12.7. The molecule has 1 fully saturated rings. The highest BCUT2D eigenvalue weighted by Gasteiger charge is 2.36. The molecule has 0 saturated carbocycles. The molecule has 0 aliphatic carbocycles. The fourth-order valence-corrected chi connectivity index (χ4v) is 2.05. The maximum absolute atomic E-state index is 12.7. The van der Waals surface area contributed by atoms with E-state index in [0.29, 0.717) is 19.5 Å². The number of nitrogen functional groups attached to an aromatic ring is 1. The summed E-state index contributed by atoms with van der Waals surface area (Å²) in [4.78, 5) is 19.4. The van der Waals surface area contributed by atoms with Gasteiger partial charge in [-0.1, -0.05) is 0 Å². The lowest BCUT2D eigenvalue weighted by Crippen LogP contribution is -2.37. The van der Waals surface area contributed by atoms with Gasteiger partial charge in [0.25, 0.3) is 0 Å². The van der Waals surface area contributed by atoms with E-state index in [1.54, 1.807) is 4.90 Å². The summed E-state index contributed by atoms with van der Waals surface area (Å²) in [6, 6.07) is 1.05. The first-order valence-corrected chi connectivity index (χ1v) is 6.11. The number of carbonyl (C=O) groups is 1. The topological polar surface area (TPSA) is 93.4 Å². The van der Waals surface area contributed by atoms with E-state index in [1.807, 2.05) is 0 Å². The number of aromatic nitrogens is 2. The van der Waals surface area contributed by atoms with Crippen LogP contribution in [-0.2, 0) is 10.9 Å². The number of nitrogens with one attached hydrogen (secondary N) is 1. The Morgan fingerprint density at radius 1 is 1.52 bits per heavy atom. The first-order valence-electron chi connectivity index (χ1n) is 6.11. The molecule has 1 aromatic heterocycles. The lowest BCUT2D eigenvalue weighted by Gasteiger charge is -2.19. The van der Waals surface area contributed by atoms with E-state index >= 15 is 0 Å². The number of hydrogen-bond acceptors (Lipinski definition) is 6. The van der Waals surface area contributed by atoms with Gasteiger partial charge in [0, 0.05) is 19.2 Å². The lowest BCUT2D eigenvalue weighted by molar-refractivity contribution is -0.144. The van der Waals surface area contributed by atoms with Crippen LogP contribution in [0.5, 0.6) is 0 Å². The van der Waals surface area contributed by atoms with Crippen LogP contribution in [0.2, 0.25) is 0 Å². The second kappa shape index (κ2) is 5.62. The Labute approximate surface area is 118 Å². The molecule has 1 atom stereocenters. The molecule has 0 aromatic carbocycles. The quantitative estimate of drug-likeness (QED) is 0.847. The first kappa shape index (κ1) is 15.1. The Hall–Kier alpha value is -2.26. The molecular weight excluding hydrogens is 291 g/mol. The molecule has 21 heavy (non-hydrogen) atoms. The third-order valence-electron chi connectivity index (χ3n) is 3.01. The van der Waals surface area contributed by atoms with E-state index in [0.717, 1.165) is 0 Å². The van der Waals surface area contributed by atoms with Gasteiger partial charge >= 0.3 is 12.3 Å². The van der Waals surface area contributed by atoms with Crippen molar-refractivity contribution in [2.24, 2.45) is 0 Å². The molecule has 0 spiro atoms. The minimum atomic E-state index is -4.66. The molecule has 0 radical (unpaired) electrons. The molecule has 1 aliphatic heterocycles. The molecule has 1 saturated heterocycles. The molecular formula is C11H14F3N5O2. The zero-order valence-electron chi connectivity index (χ0n) is 11.1. The van der Waals surface area contributed by atoms with Gasteiger partial charge in [-0.3, -0.25) is 0 Å². The van der Waals surface area contributed by atoms with Gasteiger partial charge in [0.2, 0.25) is 5.82 Å². The smallest absolute Gasteiger partial charge is 0.451 e. The van der Waals surface area contributed by atoms with Gasteiger partial charge in [0.1, 0.15) is 11.6 Å². The van der Waals surface area contributed by atoms with Gasteiger partial charge in [-0.2, -0.15) is 13.2 Å². The standard InChI is InChI=1S/C11H14F3N5O2/c1-21-10(20)16-6-2-3-19(5-6)8-4-7(15)17-9(18-8)11(12,13)14/h4,6H,2-3,5H2,1H3,(H,16,20)(H2,15,17,18). The summed E-state index contributed by atoms with van der Waals surface area (Å²) < 4.78 is 42.4. The van der Waals surface area contributed by atoms with E-state index in [1.165, 1.54) is 13.2 Å². The Morgan fingerprint density at radius 3 is 2.86 bits per heavy atom. The molecule has 2 heterocycles. The van der Waals surface area contributed by atoms with Crippen LogP contribution in [0.4, 0.5) is 29.6 Å². The van der Waals surface area contributed by atoms with Gasteiger partial charge in [0.05, 0.1) is 13.2 Å². The normalized spacial score (nSPS) is 18.7. The Bertz CT molecular complexity index is 537. The highest BCUT2D eigenvalue weighted by Crippen LogP contribution is 2.29. The highest BCUT2D eigenvalue weighted by atomic mass is 19.4. The van der Waals surface area contributed by atoms with E-state index < -0.39 is 18.1 Å². The summed E-state index contributed by atoms with van der Waals surface area (Å²) in [5.41, 5.74) is 5.39. The highest BCUT2D eigenvalue weighted by molar-refractivity contribution is 5.67. The van der Waals surface area contributed by atoms with Crippen LogP contribution in [0.1, 0.15) is 12.2 Å². The van der Waals surface area contributed by atoms with Gasteiger partial charge < -0.3 is 20.7 Å². The summed E-state index contributed by atoms with van der Waals surface area (Å²) in [5, 5.41) is 2.59. The van der Waals surface area contributed by atoms with E-state index in [4.69, 9.17) is 5.73 Å². The number of methoxy groups -OCH3 is 1. The number of amides is 1. The molecule has 3 N–H and O–H groups in total. The second-order valence-electron chi connectivity index (χ2n) is 4.54. The summed E-state index contributed by atoms with van der Waals surface area (Å²) in [5.74, 6) is -1.44. The van der Waals surface area contributed by atoms with E-state index in [9.17, 15) is 18.0 Å². The van der Waals surface area contributed by atoms with Crippen molar-refractivity contribution in [1.29, 1.82) is 0 Å². The summed E-state index contributed by atoms with van der Waals surface area (Å²) in [6.07, 6.45) is -4.67. The zero-order valence-corrected chi connectivity index (χ0v) is 11.1. The van der Waals surface area contributed by atoms with Crippen molar-refractivity contribution in [3.8, 4) is 0 Å². The van der Waals surface area contributed by atoms with Crippen molar-refractivity contribution < 1.29 is 22.7 Å². The third-order valence-corrected chi connectivity index (χ3v) is 3.01. The molecule has 1 aromatic rings. The Morgan fingerprint density at radius 2 is 2.24 bits per heavy atom. The van der Waals surface area contributed by atoms with Crippen LogP contribution in [0, 0.1) is 0 Å².